The Balaban J connectivity index is 0.00000176. The maximum absolute atomic E-state index is 2.33. The quantitative estimate of drug-likeness (QED) is 0.459. The van der Waals surface area contributed by atoms with Gasteiger partial charge in [-0.05, 0) is 25.5 Å². The van der Waals surface area contributed by atoms with Crippen molar-refractivity contribution in [1.29, 1.82) is 0 Å². The number of nitrogens with zero attached hydrogens (tertiary/aromatic N) is 2. The molecule has 3 heteroatoms. The summed E-state index contributed by atoms with van der Waals surface area (Å²) in [4.78, 5) is 0. The summed E-state index contributed by atoms with van der Waals surface area (Å²) in [5.41, 5.74) is 3.79. The summed E-state index contributed by atoms with van der Waals surface area (Å²) in [6.45, 7) is 4.44. The summed E-state index contributed by atoms with van der Waals surface area (Å²) >= 11 is 0. The number of aryl methyl sites for hydroxylation is 1. The molecule has 0 saturated heterocycles. The predicted molar refractivity (Wildman–Crippen MR) is 88.9 cm³/mol. The van der Waals surface area contributed by atoms with Crippen LogP contribution in [0.5, 0.6) is 0 Å². The SMILES string of the molecule is CC(C)n1cc(/C=C/c2cc[n+](C)cc2)c2ccccc21.[I-]. The van der Waals surface area contributed by atoms with Crippen molar-refractivity contribution in [2.24, 2.45) is 7.05 Å². The first kappa shape index (κ1) is 16.7. The first-order valence-corrected chi connectivity index (χ1v) is 7.38. The van der Waals surface area contributed by atoms with Crippen LogP contribution >= 0.6 is 0 Å². The minimum Gasteiger partial charge on any atom is -1.00 e. The topological polar surface area (TPSA) is 8.81 Å². The van der Waals surface area contributed by atoms with Gasteiger partial charge in [-0.25, -0.2) is 4.57 Å². The molecule has 0 saturated carbocycles. The van der Waals surface area contributed by atoms with E-state index in [0.717, 1.165) is 0 Å². The molecule has 0 N–H and O–H groups in total. The van der Waals surface area contributed by atoms with Gasteiger partial charge >= 0.3 is 0 Å². The Hall–Kier alpha value is -1.62. The van der Waals surface area contributed by atoms with Crippen LogP contribution in [0.25, 0.3) is 23.1 Å². The highest BCUT2D eigenvalue weighted by Gasteiger charge is 2.07. The van der Waals surface area contributed by atoms with Crippen LogP contribution in [0.4, 0.5) is 0 Å². The van der Waals surface area contributed by atoms with E-state index in [4.69, 9.17) is 0 Å². The highest BCUT2D eigenvalue weighted by atomic mass is 127. The molecule has 0 fully saturated rings. The molecule has 3 rings (SSSR count). The third-order valence-electron chi connectivity index (χ3n) is 3.79. The van der Waals surface area contributed by atoms with Gasteiger partial charge in [0.15, 0.2) is 12.4 Å². The third kappa shape index (κ3) is 3.40. The maximum atomic E-state index is 2.33. The lowest BCUT2D eigenvalue weighted by molar-refractivity contribution is -0.671. The number of fused-ring (bicyclic) bond motifs is 1. The van der Waals surface area contributed by atoms with E-state index >= 15 is 0 Å². The molecule has 2 aromatic heterocycles. The van der Waals surface area contributed by atoms with Gasteiger partial charge in [-0.3, -0.25) is 0 Å². The lowest BCUT2D eigenvalue weighted by Crippen LogP contribution is -3.00. The zero-order valence-electron chi connectivity index (χ0n) is 13.2. The minimum atomic E-state index is 0. The Bertz CT molecular complexity index is 783. The molecule has 0 bridgehead atoms. The molecule has 2 heterocycles. The van der Waals surface area contributed by atoms with E-state index in [9.17, 15) is 0 Å². The Labute approximate surface area is 149 Å². The van der Waals surface area contributed by atoms with Crippen LogP contribution in [0, 0.1) is 0 Å². The highest BCUT2D eigenvalue weighted by molar-refractivity contribution is 5.92. The van der Waals surface area contributed by atoms with Gasteiger partial charge in [0.25, 0.3) is 0 Å². The largest absolute Gasteiger partial charge is 1.00 e. The summed E-state index contributed by atoms with van der Waals surface area (Å²) in [6.07, 6.45) is 10.8. The Morgan fingerprint density at radius 3 is 2.36 bits per heavy atom. The van der Waals surface area contributed by atoms with Crippen LogP contribution in [0.1, 0.15) is 31.0 Å². The summed E-state index contributed by atoms with van der Waals surface area (Å²) in [7, 11) is 2.03. The minimum absolute atomic E-state index is 0. The second-order valence-corrected chi connectivity index (χ2v) is 5.73. The van der Waals surface area contributed by atoms with E-state index in [1.165, 1.54) is 22.0 Å². The number of benzene rings is 1. The van der Waals surface area contributed by atoms with Crippen LogP contribution in [0.15, 0.2) is 55.0 Å². The van der Waals surface area contributed by atoms with E-state index in [0.29, 0.717) is 6.04 Å². The zero-order chi connectivity index (χ0) is 14.8. The number of halogens is 1. The molecule has 22 heavy (non-hydrogen) atoms. The monoisotopic (exact) mass is 404 g/mol. The molecular formula is C19H21IN2. The van der Waals surface area contributed by atoms with Crippen LogP contribution in [-0.4, -0.2) is 4.57 Å². The lowest BCUT2D eigenvalue weighted by Gasteiger charge is -2.08. The Kier molecular flexibility index (Phi) is 5.40. The fourth-order valence-electron chi connectivity index (χ4n) is 2.60. The molecule has 0 atom stereocenters. The van der Waals surface area contributed by atoms with Crippen molar-refractivity contribution < 1.29 is 28.5 Å². The van der Waals surface area contributed by atoms with Gasteiger partial charge in [0.05, 0.1) is 0 Å². The van der Waals surface area contributed by atoms with Gasteiger partial charge in [-0.15, -0.1) is 0 Å². The third-order valence-corrected chi connectivity index (χ3v) is 3.79. The van der Waals surface area contributed by atoms with Crippen LogP contribution in [-0.2, 0) is 7.05 Å². The highest BCUT2D eigenvalue weighted by Crippen LogP contribution is 2.26. The Morgan fingerprint density at radius 2 is 1.68 bits per heavy atom. The van der Waals surface area contributed by atoms with E-state index in [-0.39, 0.29) is 24.0 Å². The smallest absolute Gasteiger partial charge is 0.169 e. The Morgan fingerprint density at radius 1 is 1.00 bits per heavy atom. The molecule has 3 aromatic rings. The number of hydrogen-bond acceptors (Lipinski definition) is 0. The van der Waals surface area contributed by atoms with E-state index in [1.807, 2.05) is 11.6 Å². The zero-order valence-corrected chi connectivity index (χ0v) is 15.4. The van der Waals surface area contributed by atoms with Crippen LogP contribution in [0.2, 0.25) is 0 Å². The van der Waals surface area contributed by atoms with E-state index in [2.05, 4.69) is 85.6 Å². The molecular weight excluding hydrogens is 383 g/mol. The van der Waals surface area contributed by atoms with Gasteiger partial charge in [-0.1, -0.05) is 30.4 Å². The number of pyridine rings is 1. The lowest BCUT2D eigenvalue weighted by atomic mass is 10.1. The van der Waals surface area contributed by atoms with Crippen molar-refractivity contribution in [1.82, 2.24) is 4.57 Å². The van der Waals surface area contributed by atoms with Crippen molar-refractivity contribution >= 4 is 23.1 Å². The van der Waals surface area contributed by atoms with Crippen molar-refractivity contribution in [3.8, 4) is 0 Å². The normalized spacial score (nSPS) is 11.3. The van der Waals surface area contributed by atoms with E-state index < -0.39 is 0 Å². The number of aromatic nitrogens is 2. The molecule has 0 aliphatic rings. The molecule has 0 aliphatic carbocycles. The molecule has 1 aromatic carbocycles. The molecule has 114 valence electrons. The summed E-state index contributed by atoms with van der Waals surface area (Å²) in [5.74, 6) is 0. The van der Waals surface area contributed by atoms with Gasteiger partial charge < -0.3 is 28.5 Å². The van der Waals surface area contributed by atoms with Gasteiger partial charge in [-0.2, -0.15) is 0 Å². The number of hydrogen-bond donors (Lipinski definition) is 0. The van der Waals surface area contributed by atoms with Crippen molar-refractivity contribution in [3.05, 3.63) is 66.1 Å². The van der Waals surface area contributed by atoms with Crippen LogP contribution < -0.4 is 28.5 Å². The molecule has 0 aliphatic heterocycles. The fourth-order valence-corrected chi connectivity index (χ4v) is 2.60. The average Bonchev–Trinajstić information content (AvgIpc) is 2.86. The second-order valence-electron chi connectivity index (χ2n) is 5.73. The number of rotatable bonds is 3. The van der Waals surface area contributed by atoms with E-state index in [1.54, 1.807) is 0 Å². The first-order valence-electron chi connectivity index (χ1n) is 7.38. The van der Waals surface area contributed by atoms with Crippen molar-refractivity contribution in [2.75, 3.05) is 0 Å². The molecule has 0 spiro atoms. The number of para-hydroxylation sites is 1. The second kappa shape index (κ2) is 7.09. The average molecular weight is 404 g/mol. The standard InChI is InChI=1S/C19H21N2.HI/c1-15(2)21-14-17(18-6-4-5-7-19(18)21)9-8-16-10-12-20(3)13-11-16;/h4-15H,1-3H3;1H/q+1;/p-1. The van der Waals surface area contributed by atoms with Crippen molar-refractivity contribution in [3.63, 3.8) is 0 Å². The first-order chi connectivity index (χ1) is 10.1. The van der Waals surface area contributed by atoms with Gasteiger partial charge in [0.1, 0.15) is 7.05 Å². The van der Waals surface area contributed by atoms with Gasteiger partial charge in [0.2, 0.25) is 0 Å². The molecule has 0 amide bonds. The van der Waals surface area contributed by atoms with Crippen LogP contribution in [0.3, 0.4) is 0 Å². The molecule has 0 unspecified atom stereocenters. The predicted octanol–water partition coefficient (Wildman–Crippen LogP) is 1.22. The summed E-state index contributed by atoms with van der Waals surface area (Å²) in [6, 6.07) is 13.3. The fraction of sp³-hybridized carbons (Fsp3) is 0.211. The summed E-state index contributed by atoms with van der Waals surface area (Å²) in [5, 5.41) is 1.31. The van der Waals surface area contributed by atoms with Crippen molar-refractivity contribution in [2.45, 2.75) is 19.9 Å². The maximum Gasteiger partial charge on any atom is 0.169 e. The van der Waals surface area contributed by atoms with Gasteiger partial charge in [0, 0.05) is 40.8 Å². The molecule has 2 nitrogen and oxygen atoms in total. The summed E-state index contributed by atoms with van der Waals surface area (Å²) < 4.78 is 4.38. The molecule has 0 radical (unpaired) electrons.